The summed E-state index contributed by atoms with van der Waals surface area (Å²) in [6, 6.07) is 8.82. The molecule has 152 valence electrons. The molecule has 2 N–H and O–H groups in total. The highest BCUT2D eigenvalue weighted by Crippen LogP contribution is 2.29. The maximum atomic E-state index is 12.8. The maximum Gasteiger partial charge on any atom is 0.416 e. The van der Waals surface area contributed by atoms with Crippen LogP contribution in [0.2, 0.25) is 0 Å². The number of nitrogens with zero attached hydrogens (tertiary/aromatic N) is 2. The van der Waals surface area contributed by atoms with Gasteiger partial charge in [0, 0.05) is 39.0 Å². The van der Waals surface area contributed by atoms with E-state index in [4.69, 9.17) is 9.47 Å². The zero-order valence-corrected chi connectivity index (χ0v) is 15.7. The molecule has 6 nitrogen and oxygen atoms in total. The molecule has 0 aliphatic carbocycles. The van der Waals surface area contributed by atoms with Gasteiger partial charge in [0.15, 0.2) is 5.96 Å². The molecule has 0 bridgehead atoms. The average molecular weight is 396 g/mol. The Morgan fingerprint density at radius 3 is 2.61 bits per heavy atom. The Bertz CT molecular complexity index is 782. The van der Waals surface area contributed by atoms with Crippen LogP contribution in [0.25, 0.3) is 0 Å². The number of ether oxygens (including phenoxy) is 2. The minimum atomic E-state index is -4.37. The number of aliphatic imine (C=N–C) groups is 1. The van der Waals surface area contributed by atoms with E-state index in [2.05, 4.69) is 20.6 Å². The van der Waals surface area contributed by atoms with E-state index >= 15 is 0 Å². The predicted octanol–water partition coefficient (Wildman–Crippen LogP) is 2.99. The molecule has 0 saturated carbocycles. The summed E-state index contributed by atoms with van der Waals surface area (Å²) in [5, 5.41) is 6.09. The lowest BCUT2D eigenvalue weighted by Crippen LogP contribution is -2.36. The Labute approximate surface area is 161 Å². The zero-order chi connectivity index (χ0) is 20.4. The number of benzene rings is 1. The van der Waals surface area contributed by atoms with E-state index in [1.54, 1.807) is 32.5 Å². The number of halogens is 3. The van der Waals surface area contributed by atoms with Crippen LogP contribution >= 0.6 is 0 Å². The van der Waals surface area contributed by atoms with Gasteiger partial charge in [0.1, 0.15) is 6.61 Å². The summed E-state index contributed by atoms with van der Waals surface area (Å²) in [6.07, 6.45) is -2.73. The predicted molar refractivity (Wildman–Crippen MR) is 100 cm³/mol. The average Bonchev–Trinajstić information content (AvgIpc) is 2.69. The van der Waals surface area contributed by atoms with Crippen LogP contribution in [0.15, 0.2) is 47.6 Å². The first-order chi connectivity index (χ1) is 13.4. The van der Waals surface area contributed by atoms with Gasteiger partial charge in [-0.05, 0) is 23.8 Å². The summed E-state index contributed by atoms with van der Waals surface area (Å²) in [5.74, 6) is 0.935. The molecular weight excluding hydrogens is 373 g/mol. The van der Waals surface area contributed by atoms with Crippen LogP contribution in [-0.4, -0.2) is 38.3 Å². The highest BCUT2D eigenvalue weighted by Gasteiger charge is 2.30. The number of guanidine groups is 1. The van der Waals surface area contributed by atoms with Gasteiger partial charge >= 0.3 is 6.18 Å². The normalized spacial score (nSPS) is 12.0. The topological polar surface area (TPSA) is 67.8 Å². The Hall–Kier alpha value is -2.81. The fourth-order valence-electron chi connectivity index (χ4n) is 2.35. The number of nitrogens with one attached hydrogen (secondary N) is 2. The summed E-state index contributed by atoms with van der Waals surface area (Å²) >= 11 is 0. The van der Waals surface area contributed by atoms with Gasteiger partial charge in [-0.25, -0.2) is 4.98 Å². The first-order valence-electron chi connectivity index (χ1n) is 8.60. The second-order valence-corrected chi connectivity index (χ2v) is 5.79. The summed E-state index contributed by atoms with van der Waals surface area (Å²) in [5.41, 5.74) is 0.645. The summed E-state index contributed by atoms with van der Waals surface area (Å²) in [7, 11) is 3.17. The van der Waals surface area contributed by atoms with Gasteiger partial charge < -0.3 is 20.1 Å². The lowest BCUT2D eigenvalue weighted by Gasteiger charge is -2.14. The Kier molecular flexibility index (Phi) is 8.06. The molecule has 28 heavy (non-hydrogen) atoms. The highest BCUT2D eigenvalue weighted by atomic mass is 19.4. The highest BCUT2D eigenvalue weighted by molar-refractivity contribution is 5.79. The molecule has 0 aliphatic heterocycles. The maximum absolute atomic E-state index is 12.8. The monoisotopic (exact) mass is 396 g/mol. The third-order valence-corrected chi connectivity index (χ3v) is 3.76. The molecule has 0 spiro atoms. The van der Waals surface area contributed by atoms with Crippen LogP contribution in [0.3, 0.4) is 0 Å². The largest absolute Gasteiger partial charge is 0.475 e. The van der Waals surface area contributed by atoms with Gasteiger partial charge in [-0.2, -0.15) is 13.2 Å². The van der Waals surface area contributed by atoms with Gasteiger partial charge in [-0.1, -0.05) is 18.2 Å². The van der Waals surface area contributed by atoms with Crippen LogP contribution in [0, 0.1) is 0 Å². The van der Waals surface area contributed by atoms with Crippen molar-refractivity contribution in [3.05, 3.63) is 59.3 Å². The van der Waals surface area contributed by atoms with Crippen LogP contribution in [0.5, 0.6) is 5.88 Å². The van der Waals surface area contributed by atoms with Crippen LogP contribution in [0.1, 0.15) is 16.7 Å². The second-order valence-electron chi connectivity index (χ2n) is 5.79. The summed E-state index contributed by atoms with van der Waals surface area (Å²) in [6.45, 7) is 1.42. The molecule has 0 radical (unpaired) electrons. The molecule has 9 heteroatoms. The number of hydrogen-bond acceptors (Lipinski definition) is 4. The van der Waals surface area contributed by atoms with Gasteiger partial charge in [0.05, 0.1) is 12.2 Å². The molecular formula is C19H23F3N4O2. The SMILES string of the molecule is CN=C(NCc1cccc(C(F)(F)F)c1)NCc1cccnc1OCCOC. The van der Waals surface area contributed by atoms with Gasteiger partial charge in [0.25, 0.3) is 0 Å². The van der Waals surface area contributed by atoms with E-state index in [0.29, 0.717) is 37.2 Å². The standard InChI is InChI=1S/C19H23F3N4O2/c1-23-18(25-12-14-5-3-7-16(11-14)19(20,21)22)26-13-15-6-4-8-24-17(15)28-10-9-27-2/h3-8,11H,9-10,12-13H2,1-2H3,(H2,23,25,26). The third-order valence-electron chi connectivity index (χ3n) is 3.76. The van der Waals surface area contributed by atoms with E-state index in [0.717, 1.165) is 17.7 Å². The lowest BCUT2D eigenvalue weighted by molar-refractivity contribution is -0.137. The van der Waals surface area contributed by atoms with Crippen molar-refractivity contribution in [2.24, 2.45) is 4.99 Å². The molecule has 0 atom stereocenters. The number of alkyl halides is 3. The Balaban J connectivity index is 1.92. The zero-order valence-electron chi connectivity index (χ0n) is 15.7. The first-order valence-corrected chi connectivity index (χ1v) is 8.60. The number of hydrogen-bond donors (Lipinski definition) is 2. The van der Waals surface area contributed by atoms with E-state index in [1.165, 1.54) is 6.07 Å². The Morgan fingerprint density at radius 1 is 1.11 bits per heavy atom. The molecule has 0 fully saturated rings. The van der Waals surface area contributed by atoms with Crippen molar-refractivity contribution in [2.75, 3.05) is 27.4 Å². The van der Waals surface area contributed by atoms with Gasteiger partial charge in [-0.3, -0.25) is 4.99 Å². The van der Waals surface area contributed by atoms with Crippen molar-refractivity contribution in [1.29, 1.82) is 0 Å². The van der Waals surface area contributed by atoms with Crippen molar-refractivity contribution in [3.8, 4) is 5.88 Å². The van der Waals surface area contributed by atoms with Crippen molar-refractivity contribution in [1.82, 2.24) is 15.6 Å². The minimum Gasteiger partial charge on any atom is -0.475 e. The summed E-state index contributed by atoms with van der Waals surface area (Å²) in [4.78, 5) is 8.28. The number of methoxy groups -OCH3 is 1. The van der Waals surface area contributed by atoms with Crippen molar-refractivity contribution in [3.63, 3.8) is 0 Å². The smallest absolute Gasteiger partial charge is 0.416 e. The van der Waals surface area contributed by atoms with E-state index in [9.17, 15) is 13.2 Å². The molecule has 2 rings (SSSR count). The minimum absolute atomic E-state index is 0.202. The number of pyridine rings is 1. The van der Waals surface area contributed by atoms with Crippen molar-refractivity contribution < 1.29 is 22.6 Å². The third kappa shape index (κ3) is 6.73. The molecule has 0 aliphatic rings. The molecule has 1 aromatic carbocycles. The summed E-state index contributed by atoms with van der Waals surface area (Å²) < 4.78 is 49.0. The molecule has 1 aromatic heterocycles. The van der Waals surface area contributed by atoms with Crippen LogP contribution < -0.4 is 15.4 Å². The first kappa shape index (κ1) is 21.5. The van der Waals surface area contributed by atoms with Crippen LogP contribution in [-0.2, 0) is 24.0 Å². The molecule has 1 heterocycles. The van der Waals surface area contributed by atoms with E-state index in [-0.39, 0.29) is 6.54 Å². The number of aromatic nitrogens is 1. The van der Waals surface area contributed by atoms with Crippen molar-refractivity contribution >= 4 is 5.96 Å². The molecule has 2 aromatic rings. The van der Waals surface area contributed by atoms with E-state index < -0.39 is 11.7 Å². The number of rotatable bonds is 8. The fraction of sp³-hybridized carbons (Fsp3) is 0.368. The van der Waals surface area contributed by atoms with Gasteiger partial charge in [-0.15, -0.1) is 0 Å². The Morgan fingerprint density at radius 2 is 1.89 bits per heavy atom. The lowest BCUT2D eigenvalue weighted by atomic mass is 10.1. The molecule has 0 amide bonds. The second kappa shape index (κ2) is 10.5. The molecule has 0 unspecified atom stereocenters. The van der Waals surface area contributed by atoms with Crippen LogP contribution in [0.4, 0.5) is 13.2 Å². The van der Waals surface area contributed by atoms with Crippen molar-refractivity contribution in [2.45, 2.75) is 19.3 Å². The van der Waals surface area contributed by atoms with E-state index in [1.807, 2.05) is 6.07 Å². The quantitative estimate of drug-likeness (QED) is 0.408. The molecule has 0 saturated heterocycles. The fourth-order valence-corrected chi connectivity index (χ4v) is 2.35. The van der Waals surface area contributed by atoms with Gasteiger partial charge in [0.2, 0.25) is 5.88 Å².